The molecule has 0 fully saturated rings. The predicted octanol–water partition coefficient (Wildman–Crippen LogP) is -0.342. The summed E-state index contributed by atoms with van der Waals surface area (Å²) in [6, 6.07) is 15.2. The molecule has 0 aliphatic heterocycles. The smallest absolute Gasteiger partial charge is 1.00 e. The molecule has 2 aromatic rings. The second-order valence-corrected chi connectivity index (χ2v) is 8.31. The van der Waals surface area contributed by atoms with Gasteiger partial charge in [0.05, 0.1) is 0 Å². The molecule has 0 unspecified atom stereocenters. The van der Waals surface area contributed by atoms with Crippen molar-refractivity contribution >= 4 is 0 Å². The van der Waals surface area contributed by atoms with E-state index in [1.165, 1.54) is 33.4 Å². The molecule has 0 saturated carbocycles. The largest absolute Gasteiger partial charge is 3.00 e. The Bertz CT molecular complexity index is 645. The molecule has 24 heavy (non-hydrogen) atoms. The first kappa shape index (κ1) is 24.3. The van der Waals surface area contributed by atoms with Crippen molar-refractivity contribution in [3.05, 3.63) is 58.7 Å². The molecule has 2 aromatic carbocycles. The fourth-order valence-corrected chi connectivity index (χ4v) is 3.03. The molecule has 0 nitrogen and oxygen atoms in total. The summed E-state index contributed by atoms with van der Waals surface area (Å²) >= 11 is 0. The molecule has 127 valence electrons. The summed E-state index contributed by atoms with van der Waals surface area (Å²) in [4.78, 5) is 0. The van der Waals surface area contributed by atoms with Crippen LogP contribution in [-0.4, -0.2) is 0 Å². The molecule has 0 aromatic heterocycles. The third kappa shape index (κ3) is 4.71. The molecule has 0 heterocycles. The van der Waals surface area contributed by atoms with Crippen LogP contribution in [0.1, 0.15) is 63.8 Å². The fraction of sp³-hybridized carbons (Fsp3) is 0.429. The molecular weight excluding hydrogens is 503 g/mol. The third-order valence-electron chi connectivity index (χ3n) is 4.46. The average molecular weight is 528 g/mol. The van der Waals surface area contributed by atoms with Crippen molar-refractivity contribution in [2.24, 2.45) is 0 Å². The molecule has 0 amide bonds. The monoisotopic (exact) mass is 525 g/mol. The maximum Gasteiger partial charge on any atom is 3.00 e. The Labute approximate surface area is 187 Å². The van der Waals surface area contributed by atoms with Crippen molar-refractivity contribution in [2.75, 3.05) is 0 Å². The number of hydrogen-bond acceptors (Lipinski definition) is 0. The maximum atomic E-state index is 3.67. The number of halogens is 2. The minimum Gasteiger partial charge on any atom is -1.00 e. The first-order chi connectivity index (χ1) is 9.66. The molecule has 0 bridgehead atoms. The van der Waals surface area contributed by atoms with E-state index in [-0.39, 0.29) is 71.0 Å². The molecule has 0 atom stereocenters. The van der Waals surface area contributed by atoms with Crippen molar-refractivity contribution in [1.29, 1.82) is 0 Å². The van der Waals surface area contributed by atoms with Crippen LogP contribution in [0.15, 0.2) is 30.3 Å². The number of benzene rings is 2. The first-order valence-electron chi connectivity index (χ1n) is 7.86. The van der Waals surface area contributed by atoms with Gasteiger partial charge in [-0.15, -0.1) is 11.1 Å². The summed E-state index contributed by atoms with van der Waals surface area (Å²) in [5.41, 5.74) is 8.70. The Morgan fingerprint density at radius 2 is 1.38 bits per heavy atom. The summed E-state index contributed by atoms with van der Waals surface area (Å²) in [6.45, 7) is 13.6. The predicted molar refractivity (Wildman–Crippen MR) is 90.9 cm³/mol. The maximum absolute atomic E-state index is 3.67. The van der Waals surface area contributed by atoms with Crippen molar-refractivity contribution in [3.63, 3.8) is 0 Å². The van der Waals surface area contributed by atoms with E-state index in [0.717, 1.165) is 6.42 Å². The Morgan fingerprint density at radius 1 is 0.792 bits per heavy atom. The van der Waals surface area contributed by atoms with E-state index in [2.05, 4.69) is 77.9 Å². The molecule has 1 aliphatic rings. The Morgan fingerprint density at radius 3 is 1.92 bits per heavy atom. The van der Waals surface area contributed by atoms with Crippen molar-refractivity contribution < 1.29 is 60.2 Å². The van der Waals surface area contributed by atoms with E-state index in [1.807, 2.05) is 0 Å². The van der Waals surface area contributed by atoms with E-state index in [1.54, 1.807) is 0 Å². The summed E-state index contributed by atoms with van der Waals surface area (Å²) in [7, 11) is 0. The number of fused-ring (bicyclic) bond motifs is 3. The van der Waals surface area contributed by atoms with Gasteiger partial charge in [0, 0.05) is 0 Å². The van der Waals surface area contributed by atoms with Crippen LogP contribution in [0.5, 0.6) is 0 Å². The van der Waals surface area contributed by atoms with Gasteiger partial charge in [-0.1, -0.05) is 65.3 Å². The second-order valence-electron chi connectivity index (χ2n) is 8.31. The topological polar surface area (TPSA) is 0 Å². The van der Waals surface area contributed by atoms with Crippen LogP contribution in [0.2, 0.25) is 0 Å². The molecule has 1 aliphatic carbocycles. The normalized spacial score (nSPS) is 12.2. The molecule has 0 saturated heterocycles. The molecule has 0 spiro atoms. The van der Waals surface area contributed by atoms with Crippen LogP contribution in [0.3, 0.4) is 0 Å². The van der Waals surface area contributed by atoms with E-state index < -0.39 is 0 Å². The van der Waals surface area contributed by atoms with Gasteiger partial charge in [-0.25, -0.2) is 0 Å². The minimum atomic E-state index is 0. The van der Waals surface area contributed by atoms with Crippen molar-refractivity contribution in [1.82, 2.24) is 0 Å². The average Bonchev–Trinajstić information content (AvgIpc) is 2.73. The summed E-state index contributed by atoms with van der Waals surface area (Å²) in [5.74, 6) is 0. The van der Waals surface area contributed by atoms with Gasteiger partial charge in [0.25, 0.3) is 0 Å². The zero-order valence-corrected chi connectivity index (χ0v) is 21.0. The van der Waals surface area contributed by atoms with Crippen LogP contribution in [0, 0.1) is 6.07 Å². The summed E-state index contributed by atoms with van der Waals surface area (Å²) in [5, 5.41) is 0. The van der Waals surface area contributed by atoms with Gasteiger partial charge >= 0.3 is 26.2 Å². The molecule has 3 rings (SSSR count). The van der Waals surface area contributed by atoms with Gasteiger partial charge in [0.15, 0.2) is 0 Å². The van der Waals surface area contributed by atoms with Gasteiger partial charge in [0.2, 0.25) is 0 Å². The van der Waals surface area contributed by atoms with Crippen molar-refractivity contribution in [3.8, 4) is 11.1 Å². The van der Waals surface area contributed by atoms with Crippen LogP contribution < -0.4 is 34.0 Å². The zero-order chi connectivity index (χ0) is 15.4. The van der Waals surface area contributed by atoms with Gasteiger partial charge in [-0.2, -0.15) is 23.8 Å². The molecule has 1 radical (unpaired) electrons. The Hall–Kier alpha value is 0.283. The molecular formula is C21H25Br2Zr. The quantitative estimate of drug-likeness (QED) is 0.351. The van der Waals surface area contributed by atoms with Crippen molar-refractivity contribution in [2.45, 2.75) is 58.8 Å². The van der Waals surface area contributed by atoms with E-state index in [4.69, 9.17) is 0 Å². The van der Waals surface area contributed by atoms with E-state index in [0.29, 0.717) is 0 Å². The van der Waals surface area contributed by atoms with Gasteiger partial charge in [-0.05, 0) is 28.4 Å². The third-order valence-corrected chi connectivity index (χ3v) is 4.46. The Balaban J connectivity index is 0.00000176. The zero-order valence-electron chi connectivity index (χ0n) is 15.3. The van der Waals surface area contributed by atoms with Gasteiger partial charge in [0.1, 0.15) is 0 Å². The van der Waals surface area contributed by atoms with Crippen LogP contribution >= 0.6 is 0 Å². The number of rotatable bonds is 0. The Kier molecular flexibility index (Phi) is 8.42. The minimum absolute atomic E-state index is 0. The SMILES string of the molecule is CC(C)(C)c1[c-]c2c(cc1)-c1ccc(C(C)(C)C)cc1C2.[Br-].[Br-].[Zr+3]. The van der Waals surface area contributed by atoms with Gasteiger partial charge in [-0.3, -0.25) is 0 Å². The molecule has 0 N–H and O–H groups in total. The van der Waals surface area contributed by atoms with Crippen LogP contribution in [0.25, 0.3) is 11.1 Å². The van der Waals surface area contributed by atoms with E-state index in [9.17, 15) is 0 Å². The van der Waals surface area contributed by atoms with E-state index >= 15 is 0 Å². The second kappa shape index (κ2) is 8.32. The summed E-state index contributed by atoms with van der Waals surface area (Å²) in [6.07, 6.45) is 1.03. The standard InChI is InChI=1S/C21H25.2BrH.Zr/c1-20(2,3)16-7-9-18-14(12-16)11-15-13-17(21(4,5)6)8-10-19(15)18;;;/h7-10,12H,11H2,1-6H3;2*1H;/q-1;;;+3/p-2. The summed E-state index contributed by atoms with van der Waals surface area (Å²) < 4.78 is 0. The fourth-order valence-electron chi connectivity index (χ4n) is 3.03. The number of hydrogen-bond donors (Lipinski definition) is 0. The molecule has 3 heteroatoms. The first-order valence-corrected chi connectivity index (χ1v) is 7.86. The van der Waals surface area contributed by atoms with Crippen LogP contribution in [-0.2, 0) is 43.5 Å². The van der Waals surface area contributed by atoms with Crippen LogP contribution in [0.4, 0.5) is 0 Å². The van der Waals surface area contributed by atoms with Gasteiger partial charge < -0.3 is 34.0 Å².